The molecule has 0 amide bonds. The maximum absolute atomic E-state index is 11.3. The number of thioether (sulfide) groups is 1. The van der Waals surface area contributed by atoms with Crippen molar-refractivity contribution in [2.24, 2.45) is 5.92 Å². The largest absolute Gasteiger partial charge is 0.369 e. The van der Waals surface area contributed by atoms with Crippen LogP contribution in [-0.2, 0) is 5.60 Å². The molecule has 2 heteroatoms. The van der Waals surface area contributed by atoms with Gasteiger partial charge in [0.1, 0.15) is 0 Å². The fourth-order valence-electron chi connectivity index (χ4n) is 2.36. The van der Waals surface area contributed by atoms with Crippen LogP contribution in [0, 0.1) is 30.9 Å². The van der Waals surface area contributed by atoms with E-state index >= 15 is 0 Å². The molecule has 0 fully saturated rings. The van der Waals surface area contributed by atoms with Gasteiger partial charge < -0.3 is 5.11 Å². The van der Waals surface area contributed by atoms with Crippen molar-refractivity contribution in [3.63, 3.8) is 0 Å². The van der Waals surface area contributed by atoms with Gasteiger partial charge in [-0.05, 0) is 48.3 Å². The smallest absolute Gasteiger partial charge is 0.178 e. The second kappa shape index (κ2) is 9.57. The molecule has 0 heterocycles. The number of aliphatic hydroxyl groups is 1. The molecule has 1 nitrogen and oxygen atoms in total. The lowest BCUT2D eigenvalue weighted by Gasteiger charge is -2.26. The van der Waals surface area contributed by atoms with Crippen LogP contribution in [0.1, 0.15) is 43.0 Å². The van der Waals surface area contributed by atoms with Gasteiger partial charge >= 0.3 is 0 Å². The van der Waals surface area contributed by atoms with E-state index in [0.717, 1.165) is 28.2 Å². The summed E-state index contributed by atoms with van der Waals surface area (Å²) in [4.78, 5) is 0. The number of aryl methyl sites for hydroxylation is 2. The van der Waals surface area contributed by atoms with Gasteiger partial charge in [-0.1, -0.05) is 81.1 Å². The van der Waals surface area contributed by atoms with Crippen LogP contribution in [0.4, 0.5) is 0 Å². The second-order valence-electron chi connectivity index (χ2n) is 6.50. The van der Waals surface area contributed by atoms with Crippen LogP contribution in [0.25, 0.3) is 0 Å². The van der Waals surface area contributed by atoms with Gasteiger partial charge in [-0.3, -0.25) is 0 Å². The molecule has 128 valence electrons. The fraction of sp³-hybridized carbons (Fsp3) is 0.364. The van der Waals surface area contributed by atoms with Crippen LogP contribution in [-0.4, -0.2) is 11.4 Å². The first-order valence-electron chi connectivity index (χ1n) is 8.22. The molecule has 0 bridgehead atoms. The fourth-order valence-corrected chi connectivity index (χ4v) is 2.61. The zero-order valence-electron chi connectivity index (χ0n) is 15.6. The molecule has 0 spiro atoms. The van der Waals surface area contributed by atoms with Crippen molar-refractivity contribution in [2.45, 2.75) is 40.2 Å². The van der Waals surface area contributed by atoms with Crippen LogP contribution in [0.5, 0.6) is 0 Å². The Morgan fingerprint density at radius 2 is 1.25 bits per heavy atom. The van der Waals surface area contributed by atoms with E-state index < -0.39 is 5.60 Å². The van der Waals surface area contributed by atoms with Gasteiger partial charge in [0.15, 0.2) is 5.60 Å². The van der Waals surface area contributed by atoms with Crippen molar-refractivity contribution in [3.05, 3.63) is 70.8 Å². The minimum absolute atomic E-state index is 0.833. The lowest BCUT2D eigenvalue weighted by atomic mass is 9.82. The molecule has 0 atom stereocenters. The summed E-state index contributed by atoms with van der Waals surface area (Å²) in [7, 11) is 0. The van der Waals surface area contributed by atoms with E-state index in [4.69, 9.17) is 0 Å². The van der Waals surface area contributed by atoms with Gasteiger partial charge in [-0.15, -0.1) is 0 Å². The van der Waals surface area contributed by atoms with Gasteiger partial charge in [0.2, 0.25) is 0 Å². The second-order valence-corrected chi connectivity index (χ2v) is 7.12. The Hall–Kier alpha value is -1.69. The first-order valence-corrected chi connectivity index (χ1v) is 9.45. The molecule has 0 saturated carbocycles. The highest BCUT2D eigenvalue weighted by molar-refractivity contribution is 8.03. The third-order valence-corrected chi connectivity index (χ3v) is 3.71. The summed E-state index contributed by atoms with van der Waals surface area (Å²) in [6.07, 6.45) is 1.91. The average molecular weight is 341 g/mol. The van der Waals surface area contributed by atoms with Crippen LogP contribution in [0.2, 0.25) is 0 Å². The van der Waals surface area contributed by atoms with Gasteiger partial charge in [-0.25, -0.2) is 0 Å². The molecule has 0 radical (unpaired) electrons. The van der Waals surface area contributed by atoms with Gasteiger partial charge in [0.25, 0.3) is 0 Å². The third kappa shape index (κ3) is 5.44. The van der Waals surface area contributed by atoms with E-state index in [9.17, 15) is 5.11 Å². The van der Waals surface area contributed by atoms with E-state index in [-0.39, 0.29) is 0 Å². The summed E-state index contributed by atoms with van der Waals surface area (Å²) < 4.78 is 0. The molecule has 24 heavy (non-hydrogen) atoms. The maximum Gasteiger partial charge on any atom is 0.178 e. The van der Waals surface area contributed by atoms with E-state index in [1.807, 2.05) is 68.6 Å². The Morgan fingerprint density at radius 1 is 0.875 bits per heavy atom. The van der Waals surface area contributed by atoms with E-state index in [1.165, 1.54) is 11.8 Å². The molecule has 0 aromatic heterocycles. The van der Waals surface area contributed by atoms with Crippen LogP contribution in [0.3, 0.4) is 0 Å². The van der Waals surface area contributed by atoms with Crippen molar-refractivity contribution in [2.75, 3.05) is 6.26 Å². The molecule has 0 aliphatic carbocycles. The molecular weight excluding hydrogens is 312 g/mol. The van der Waals surface area contributed by atoms with Gasteiger partial charge in [0, 0.05) is 11.1 Å². The maximum atomic E-state index is 11.3. The Kier molecular flexibility index (Phi) is 8.11. The quantitative estimate of drug-likeness (QED) is 0.726. The normalized spacial score (nSPS) is 10.5. The van der Waals surface area contributed by atoms with E-state index in [1.54, 1.807) is 0 Å². The van der Waals surface area contributed by atoms with Crippen molar-refractivity contribution in [3.8, 4) is 11.2 Å². The van der Waals surface area contributed by atoms with Crippen molar-refractivity contribution in [1.82, 2.24) is 0 Å². The molecule has 0 aliphatic heterocycles. The van der Waals surface area contributed by atoms with E-state index in [2.05, 4.69) is 31.9 Å². The molecule has 2 aromatic rings. The summed E-state index contributed by atoms with van der Waals surface area (Å²) >= 11 is 1.41. The lowest BCUT2D eigenvalue weighted by Crippen LogP contribution is -2.27. The number of rotatable bonds is 2. The monoisotopic (exact) mass is 340 g/mol. The molecular formula is C22H28OS. The molecule has 0 aliphatic rings. The lowest BCUT2D eigenvalue weighted by molar-refractivity contribution is 0.144. The highest BCUT2D eigenvalue weighted by Crippen LogP contribution is 2.33. The Labute approximate surface area is 151 Å². The Morgan fingerprint density at radius 3 is 1.58 bits per heavy atom. The van der Waals surface area contributed by atoms with E-state index in [0.29, 0.717) is 0 Å². The summed E-state index contributed by atoms with van der Waals surface area (Å²) in [5.41, 5.74) is 2.49. The predicted molar refractivity (Wildman–Crippen MR) is 107 cm³/mol. The molecule has 0 unspecified atom stereocenters. The number of hydrogen-bond acceptors (Lipinski definition) is 2. The van der Waals surface area contributed by atoms with Crippen LogP contribution in [0.15, 0.2) is 48.5 Å². The van der Waals surface area contributed by atoms with Crippen molar-refractivity contribution < 1.29 is 5.11 Å². The van der Waals surface area contributed by atoms with Gasteiger partial charge in [-0.2, -0.15) is 0 Å². The Bertz CT molecular complexity index is 659. The van der Waals surface area contributed by atoms with Crippen molar-refractivity contribution in [1.29, 1.82) is 0 Å². The third-order valence-electron chi connectivity index (χ3n) is 3.40. The zero-order chi connectivity index (χ0) is 18.2. The predicted octanol–water partition coefficient (Wildman–Crippen LogP) is 5.53. The topological polar surface area (TPSA) is 20.2 Å². The molecule has 2 aromatic carbocycles. The standard InChI is InChI=1S/C18H18OS.C4H10/c1-14-8-4-6-10-16(14)18(19,12-13-20-3)17-11-7-5-9-15(17)2;1-4(2)3/h4-11,19H,1-3H3;4H,1-3H3. The highest BCUT2D eigenvalue weighted by atomic mass is 32.2. The first-order chi connectivity index (χ1) is 11.3. The first kappa shape index (κ1) is 20.4. The molecule has 2 rings (SSSR count). The number of hydrogen-bond donors (Lipinski definition) is 1. The van der Waals surface area contributed by atoms with Crippen LogP contribution >= 0.6 is 11.8 Å². The Balaban J connectivity index is 0.000000648. The molecule has 1 N–H and O–H groups in total. The highest BCUT2D eigenvalue weighted by Gasteiger charge is 2.32. The summed E-state index contributed by atoms with van der Waals surface area (Å²) in [5, 5.41) is 14.2. The minimum Gasteiger partial charge on any atom is -0.369 e. The van der Waals surface area contributed by atoms with Gasteiger partial charge in [0.05, 0.1) is 0 Å². The SMILES string of the molecule is CC(C)C.CSC#CC(O)(c1ccccc1C)c1ccccc1C. The number of benzene rings is 2. The average Bonchev–Trinajstić information content (AvgIpc) is 2.53. The van der Waals surface area contributed by atoms with Crippen molar-refractivity contribution >= 4 is 11.8 Å². The zero-order valence-corrected chi connectivity index (χ0v) is 16.4. The summed E-state index contributed by atoms with van der Waals surface area (Å²) in [6.45, 7) is 10.5. The molecule has 0 saturated heterocycles. The minimum atomic E-state index is -1.26. The summed E-state index contributed by atoms with van der Waals surface area (Å²) in [6, 6.07) is 15.7. The van der Waals surface area contributed by atoms with Crippen LogP contribution < -0.4 is 0 Å². The summed E-state index contributed by atoms with van der Waals surface area (Å²) in [5.74, 6) is 3.86.